The van der Waals surface area contributed by atoms with Gasteiger partial charge < -0.3 is 9.73 Å². The Hall–Kier alpha value is -2.22. The van der Waals surface area contributed by atoms with Crippen LogP contribution in [0.25, 0.3) is 11.0 Å². The van der Waals surface area contributed by atoms with Crippen LogP contribution in [0.4, 0.5) is 11.4 Å². The highest BCUT2D eigenvalue weighted by atomic mass is 16.3. The second-order valence-electron chi connectivity index (χ2n) is 3.64. The van der Waals surface area contributed by atoms with Crippen molar-refractivity contribution in [1.82, 2.24) is 0 Å². The summed E-state index contributed by atoms with van der Waals surface area (Å²) in [5.74, 6) is 0. The van der Waals surface area contributed by atoms with Gasteiger partial charge in [-0.15, -0.1) is 0 Å². The number of anilines is 2. The van der Waals surface area contributed by atoms with E-state index in [0.717, 1.165) is 22.3 Å². The molecule has 3 rings (SSSR count). The van der Waals surface area contributed by atoms with E-state index < -0.39 is 0 Å². The van der Waals surface area contributed by atoms with E-state index >= 15 is 0 Å². The molecule has 2 heteroatoms. The molecular weight excluding hydrogens is 222 g/mol. The van der Waals surface area contributed by atoms with Gasteiger partial charge in [0, 0.05) is 11.1 Å². The molecular formula is C16H17NO. The third-order valence-electron chi connectivity index (χ3n) is 2.53. The molecule has 0 radical (unpaired) electrons. The van der Waals surface area contributed by atoms with Gasteiger partial charge in [0.2, 0.25) is 0 Å². The van der Waals surface area contributed by atoms with Crippen molar-refractivity contribution in [1.29, 1.82) is 0 Å². The summed E-state index contributed by atoms with van der Waals surface area (Å²) in [5.41, 5.74) is 2.97. The summed E-state index contributed by atoms with van der Waals surface area (Å²) in [7, 11) is 0. The minimum absolute atomic E-state index is 0.904. The van der Waals surface area contributed by atoms with Crippen molar-refractivity contribution in [2.75, 3.05) is 5.32 Å². The summed E-state index contributed by atoms with van der Waals surface area (Å²) in [5, 5.41) is 4.44. The molecule has 0 atom stereocenters. The van der Waals surface area contributed by atoms with Gasteiger partial charge in [0.05, 0.1) is 5.69 Å². The molecule has 0 unspecified atom stereocenters. The molecule has 0 spiro atoms. The van der Waals surface area contributed by atoms with Crippen LogP contribution >= 0.6 is 0 Å². The van der Waals surface area contributed by atoms with Crippen LogP contribution in [0.1, 0.15) is 13.8 Å². The molecule has 18 heavy (non-hydrogen) atoms. The molecule has 1 N–H and O–H groups in total. The van der Waals surface area contributed by atoms with Gasteiger partial charge >= 0.3 is 0 Å². The lowest BCUT2D eigenvalue weighted by molar-refractivity contribution is 0.617. The molecule has 92 valence electrons. The summed E-state index contributed by atoms with van der Waals surface area (Å²) in [6.07, 6.45) is 1.75. The van der Waals surface area contributed by atoms with Gasteiger partial charge in [0.15, 0.2) is 0 Å². The lowest BCUT2D eigenvalue weighted by atomic mass is 10.2. The first kappa shape index (κ1) is 12.2. The number of hydrogen-bond acceptors (Lipinski definition) is 2. The first-order chi connectivity index (χ1) is 8.93. The Morgan fingerprint density at radius 2 is 1.50 bits per heavy atom. The quantitative estimate of drug-likeness (QED) is 0.664. The maximum Gasteiger partial charge on any atom is 0.136 e. The molecule has 0 bridgehead atoms. The van der Waals surface area contributed by atoms with E-state index in [2.05, 4.69) is 5.32 Å². The van der Waals surface area contributed by atoms with Crippen LogP contribution < -0.4 is 5.32 Å². The van der Waals surface area contributed by atoms with E-state index in [1.807, 2.05) is 68.4 Å². The zero-order valence-corrected chi connectivity index (χ0v) is 10.7. The van der Waals surface area contributed by atoms with E-state index in [1.54, 1.807) is 6.26 Å². The Labute approximate surface area is 107 Å². The lowest BCUT2D eigenvalue weighted by Gasteiger charge is -2.02. The van der Waals surface area contributed by atoms with E-state index in [1.165, 1.54) is 0 Å². The zero-order valence-electron chi connectivity index (χ0n) is 10.7. The highest BCUT2D eigenvalue weighted by Gasteiger charge is 2.04. The van der Waals surface area contributed by atoms with E-state index in [-0.39, 0.29) is 0 Å². The zero-order chi connectivity index (χ0) is 12.8. The van der Waals surface area contributed by atoms with Crippen LogP contribution in [0.3, 0.4) is 0 Å². The number of para-hydroxylation sites is 2. The summed E-state index contributed by atoms with van der Waals surface area (Å²) in [6, 6.07) is 18.1. The molecule has 0 fully saturated rings. The number of rotatable bonds is 2. The lowest BCUT2D eigenvalue weighted by Crippen LogP contribution is -1.87. The molecule has 2 aromatic carbocycles. The van der Waals surface area contributed by atoms with Gasteiger partial charge in [-0.2, -0.15) is 0 Å². The molecule has 0 amide bonds. The predicted octanol–water partition coefficient (Wildman–Crippen LogP) is 5.20. The maximum absolute atomic E-state index is 5.46. The Kier molecular flexibility index (Phi) is 4.02. The number of benzene rings is 2. The monoisotopic (exact) mass is 239 g/mol. The molecule has 0 aliphatic rings. The molecule has 1 heterocycles. The van der Waals surface area contributed by atoms with Crippen molar-refractivity contribution in [3.05, 3.63) is 60.9 Å². The smallest absolute Gasteiger partial charge is 0.136 e. The maximum atomic E-state index is 5.46. The van der Waals surface area contributed by atoms with Crippen molar-refractivity contribution in [3.63, 3.8) is 0 Å². The summed E-state index contributed by atoms with van der Waals surface area (Å²) in [6.45, 7) is 4.00. The number of nitrogens with one attached hydrogen (secondary N) is 1. The average molecular weight is 239 g/mol. The van der Waals surface area contributed by atoms with E-state index in [4.69, 9.17) is 4.42 Å². The van der Waals surface area contributed by atoms with Gasteiger partial charge in [-0.1, -0.05) is 44.2 Å². The van der Waals surface area contributed by atoms with Crippen molar-refractivity contribution in [3.8, 4) is 0 Å². The number of furan rings is 1. The minimum Gasteiger partial charge on any atom is -0.462 e. The fourth-order valence-corrected chi connectivity index (χ4v) is 1.75. The molecule has 3 aromatic rings. The Bertz CT molecular complexity index is 599. The first-order valence-electron chi connectivity index (χ1n) is 6.22. The normalized spacial score (nSPS) is 9.67. The van der Waals surface area contributed by atoms with Crippen LogP contribution in [0, 0.1) is 0 Å². The van der Waals surface area contributed by atoms with Gasteiger partial charge in [0.1, 0.15) is 11.8 Å². The fourth-order valence-electron chi connectivity index (χ4n) is 1.75. The van der Waals surface area contributed by atoms with Gasteiger partial charge in [-0.25, -0.2) is 0 Å². The largest absolute Gasteiger partial charge is 0.462 e. The van der Waals surface area contributed by atoms with Crippen molar-refractivity contribution in [2.24, 2.45) is 0 Å². The van der Waals surface area contributed by atoms with E-state index in [9.17, 15) is 0 Å². The van der Waals surface area contributed by atoms with Gasteiger partial charge in [0.25, 0.3) is 0 Å². The van der Waals surface area contributed by atoms with Gasteiger partial charge in [-0.05, 0) is 24.3 Å². The van der Waals surface area contributed by atoms with Gasteiger partial charge in [-0.3, -0.25) is 0 Å². The Morgan fingerprint density at radius 1 is 0.833 bits per heavy atom. The third kappa shape index (κ3) is 2.54. The Morgan fingerprint density at radius 3 is 2.28 bits per heavy atom. The topological polar surface area (TPSA) is 25.2 Å². The molecule has 0 aliphatic heterocycles. The molecule has 0 aliphatic carbocycles. The summed E-state index contributed by atoms with van der Waals surface area (Å²) in [4.78, 5) is 0. The molecule has 0 saturated carbocycles. The van der Waals surface area contributed by atoms with E-state index in [0.29, 0.717) is 0 Å². The second-order valence-corrected chi connectivity index (χ2v) is 3.64. The third-order valence-corrected chi connectivity index (χ3v) is 2.53. The van der Waals surface area contributed by atoms with Crippen LogP contribution in [0.15, 0.2) is 65.3 Å². The minimum atomic E-state index is 0.904. The summed E-state index contributed by atoms with van der Waals surface area (Å²) < 4.78 is 5.46. The van der Waals surface area contributed by atoms with Crippen molar-refractivity contribution < 1.29 is 4.42 Å². The summed E-state index contributed by atoms with van der Waals surface area (Å²) >= 11 is 0. The molecule has 1 aromatic heterocycles. The SMILES string of the molecule is CC.c1ccc(Nc2coc3ccccc23)cc1. The number of fused-ring (bicyclic) bond motifs is 1. The second kappa shape index (κ2) is 5.92. The standard InChI is InChI=1S/C14H11NO.C2H6/c1-2-6-11(7-3-1)15-13-10-16-14-9-5-4-8-12(13)14;1-2/h1-10,15H;1-2H3. The highest BCUT2D eigenvalue weighted by molar-refractivity contribution is 5.92. The predicted molar refractivity (Wildman–Crippen MR) is 77.3 cm³/mol. The average Bonchev–Trinajstić information content (AvgIpc) is 2.86. The van der Waals surface area contributed by atoms with Crippen LogP contribution in [0.5, 0.6) is 0 Å². The fraction of sp³-hybridized carbons (Fsp3) is 0.125. The van der Waals surface area contributed by atoms with Crippen molar-refractivity contribution in [2.45, 2.75) is 13.8 Å². The first-order valence-corrected chi connectivity index (χ1v) is 6.22. The van der Waals surface area contributed by atoms with Crippen LogP contribution in [-0.2, 0) is 0 Å². The highest BCUT2D eigenvalue weighted by Crippen LogP contribution is 2.27. The molecule has 2 nitrogen and oxygen atoms in total. The van der Waals surface area contributed by atoms with Crippen LogP contribution in [-0.4, -0.2) is 0 Å². The number of hydrogen-bond donors (Lipinski definition) is 1. The van der Waals surface area contributed by atoms with Crippen molar-refractivity contribution >= 4 is 22.3 Å². The Balaban J connectivity index is 0.000000574. The molecule has 0 saturated heterocycles. The van der Waals surface area contributed by atoms with Crippen LogP contribution in [0.2, 0.25) is 0 Å².